The molecule has 1 aromatic heterocycles. The van der Waals surface area contributed by atoms with Crippen molar-refractivity contribution >= 4 is 21.4 Å². The van der Waals surface area contributed by atoms with Gasteiger partial charge in [0.15, 0.2) is 0 Å². The largest absolute Gasteiger partial charge is 0.391 e. The van der Waals surface area contributed by atoms with E-state index in [2.05, 4.69) is 0 Å². The molecule has 1 aliphatic heterocycles. The summed E-state index contributed by atoms with van der Waals surface area (Å²) in [6.07, 6.45) is 7.16. The fourth-order valence-corrected chi connectivity index (χ4v) is 6.12. The van der Waals surface area contributed by atoms with Gasteiger partial charge in [-0.15, -0.1) is 11.3 Å². The molecule has 1 N–H and O–H groups in total. The van der Waals surface area contributed by atoms with E-state index in [1.165, 1.54) is 37.0 Å². The van der Waals surface area contributed by atoms with Crippen LogP contribution >= 0.6 is 11.3 Å². The Morgan fingerprint density at radius 3 is 2.40 bits per heavy atom. The average Bonchev–Trinajstić information content (AvgIpc) is 3.09. The van der Waals surface area contributed by atoms with Crippen LogP contribution in [-0.4, -0.2) is 30.9 Å². The lowest BCUT2D eigenvalue weighted by atomic mass is 9.78. The molecule has 1 aromatic rings. The second-order valence-corrected chi connectivity index (χ2v) is 8.95. The summed E-state index contributed by atoms with van der Waals surface area (Å²) in [7, 11) is -3.36. The van der Waals surface area contributed by atoms with Crippen molar-refractivity contribution in [3.05, 3.63) is 16.3 Å². The minimum atomic E-state index is -3.36. The molecule has 0 aromatic carbocycles. The average molecular weight is 315 g/mol. The molecule has 0 amide bonds. The molecule has 0 unspecified atom stereocenters. The van der Waals surface area contributed by atoms with Gasteiger partial charge in [0.1, 0.15) is 0 Å². The molecule has 0 atom stereocenters. The van der Waals surface area contributed by atoms with Crippen molar-refractivity contribution in [2.75, 3.05) is 13.1 Å². The molecule has 0 radical (unpaired) electrons. The lowest BCUT2D eigenvalue weighted by Gasteiger charge is -2.38. The van der Waals surface area contributed by atoms with E-state index in [1.807, 2.05) is 0 Å². The summed E-state index contributed by atoms with van der Waals surface area (Å²) < 4.78 is 26.8. The van der Waals surface area contributed by atoms with Crippen LogP contribution in [0.1, 0.15) is 43.4 Å². The van der Waals surface area contributed by atoms with Crippen LogP contribution in [0, 0.1) is 5.41 Å². The number of thiophene rings is 1. The Labute approximate surface area is 124 Å². The monoisotopic (exact) mass is 315 g/mol. The third-order valence-corrected chi connectivity index (χ3v) is 7.82. The Kier molecular flexibility index (Phi) is 3.92. The van der Waals surface area contributed by atoms with Gasteiger partial charge >= 0.3 is 0 Å². The highest BCUT2D eigenvalue weighted by atomic mass is 32.2. The first kappa shape index (κ1) is 14.5. The molecule has 2 heterocycles. The smallest absolute Gasteiger partial charge is 0.243 e. The molecule has 1 saturated carbocycles. The zero-order valence-corrected chi connectivity index (χ0v) is 13.2. The van der Waals surface area contributed by atoms with E-state index in [0.29, 0.717) is 28.3 Å². The van der Waals surface area contributed by atoms with Gasteiger partial charge in [-0.25, -0.2) is 8.42 Å². The fourth-order valence-electron chi connectivity index (χ4n) is 3.55. The van der Waals surface area contributed by atoms with Gasteiger partial charge in [0.05, 0.1) is 11.5 Å². The second-order valence-electron chi connectivity index (χ2n) is 6.02. The lowest BCUT2D eigenvalue weighted by molar-refractivity contribution is 0.160. The van der Waals surface area contributed by atoms with Crippen LogP contribution in [0.25, 0.3) is 0 Å². The maximum absolute atomic E-state index is 12.6. The van der Waals surface area contributed by atoms with Crippen molar-refractivity contribution < 1.29 is 13.5 Å². The Morgan fingerprint density at radius 1 is 1.20 bits per heavy atom. The maximum Gasteiger partial charge on any atom is 0.243 e. The van der Waals surface area contributed by atoms with Crippen LogP contribution in [-0.2, 0) is 16.6 Å². The van der Waals surface area contributed by atoms with E-state index in [-0.39, 0.29) is 6.61 Å². The molecular formula is C14H21NO3S2. The van der Waals surface area contributed by atoms with E-state index < -0.39 is 10.0 Å². The molecule has 2 aliphatic rings. The van der Waals surface area contributed by atoms with Crippen molar-refractivity contribution in [2.45, 2.75) is 50.0 Å². The standard InChI is InChI=1S/C14H21NO3S2/c16-10-12-9-13(11-19-12)20(17,18)15-7-5-14(6-8-15)3-1-2-4-14/h9,11,16H,1-8,10H2. The van der Waals surface area contributed by atoms with Gasteiger partial charge in [-0.1, -0.05) is 12.8 Å². The Hall–Kier alpha value is -0.430. The van der Waals surface area contributed by atoms with Crippen molar-refractivity contribution in [2.24, 2.45) is 5.41 Å². The van der Waals surface area contributed by atoms with E-state index in [4.69, 9.17) is 5.11 Å². The molecule has 1 saturated heterocycles. The molecule has 0 bridgehead atoms. The van der Waals surface area contributed by atoms with Crippen LogP contribution < -0.4 is 0 Å². The van der Waals surface area contributed by atoms with E-state index in [0.717, 1.165) is 12.8 Å². The van der Waals surface area contributed by atoms with Gasteiger partial charge in [-0.3, -0.25) is 0 Å². The molecule has 3 rings (SSSR count). The first-order valence-corrected chi connectivity index (χ1v) is 9.56. The maximum atomic E-state index is 12.6. The minimum absolute atomic E-state index is 0.0940. The third kappa shape index (κ3) is 2.54. The van der Waals surface area contributed by atoms with Crippen LogP contribution in [0.5, 0.6) is 0 Å². The molecular weight excluding hydrogens is 294 g/mol. The van der Waals surface area contributed by atoms with Crippen molar-refractivity contribution in [1.82, 2.24) is 4.31 Å². The summed E-state index contributed by atoms with van der Waals surface area (Å²) in [6, 6.07) is 1.60. The van der Waals surface area contributed by atoms with Crippen molar-refractivity contribution in [3.8, 4) is 0 Å². The summed E-state index contributed by atoms with van der Waals surface area (Å²) in [6.45, 7) is 1.20. The number of hydrogen-bond donors (Lipinski definition) is 1. The summed E-state index contributed by atoms with van der Waals surface area (Å²) in [5.41, 5.74) is 0.428. The quantitative estimate of drug-likeness (QED) is 0.932. The zero-order chi connectivity index (χ0) is 14.2. The number of rotatable bonds is 3. The molecule has 112 valence electrons. The highest BCUT2D eigenvalue weighted by molar-refractivity contribution is 7.89. The predicted octanol–water partition coefficient (Wildman–Crippen LogP) is 2.59. The van der Waals surface area contributed by atoms with Gasteiger partial charge in [0.25, 0.3) is 0 Å². The fraction of sp³-hybridized carbons (Fsp3) is 0.714. The van der Waals surface area contributed by atoms with Gasteiger partial charge in [-0.05, 0) is 37.2 Å². The molecule has 4 nitrogen and oxygen atoms in total. The van der Waals surface area contributed by atoms with Gasteiger partial charge in [0, 0.05) is 23.3 Å². The van der Waals surface area contributed by atoms with E-state index in [1.54, 1.807) is 15.8 Å². The minimum Gasteiger partial charge on any atom is -0.391 e. The highest BCUT2D eigenvalue weighted by Crippen LogP contribution is 2.46. The number of nitrogens with zero attached hydrogens (tertiary/aromatic N) is 1. The topological polar surface area (TPSA) is 57.6 Å². The van der Waals surface area contributed by atoms with Crippen molar-refractivity contribution in [3.63, 3.8) is 0 Å². The zero-order valence-electron chi connectivity index (χ0n) is 11.5. The summed E-state index contributed by atoms with van der Waals surface area (Å²) in [5.74, 6) is 0. The van der Waals surface area contributed by atoms with Gasteiger partial charge < -0.3 is 5.11 Å². The van der Waals surface area contributed by atoms with E-state index >= 15 is 0 Å². The summed E-state index contributed by atoms with van der Waals surface area (Å²) in [5, 5.41) is 10.7. The third-order valence-electron chi connectivity index (χ3n) is 4.87. The lowest BCUT2D eigenvalue weighted by Crippen LogP contribution is -2.42. The highest BCUT2D eigenvalue weighted by Gasteiger charge is 2.40. The van der Waals surface area contributed by atoms with Crippen LogP contribution in [0.4, 0.5) is 0 Å². The number of aliphatic hydroxyl groups excluding tert-OH is 1. The normalized spacial score (nSPS) is 23.4. The summed E-state index contributed by atoms with van der Waals surface area (Å²) in [4.78, 5) is 1.04. The number of aliphatic hydroxyl groups is 1. The Bertz CT molecular complexity index is 563. The Balaban J connectivity index is 1.73. The predicted molar refractivity (Wildman–Crippen MR) is 79.1 cm³/mol. The first-order chi connectivity index (χ1) is 9.56. The molecule has 2 fully saturated rings. The molecule has 6 heteroatoms. The van der Waals surface area contributed by atoms with Crippen LogP contribution in [0.2, 0.25) is 0 Å². The van der Waals surface area contributed by atoms with E-state index in [9.17, 15) is 8.42 Å². The van der Waals surface area contributed by atoms with Gasteiger partial charge in [0.2, 0.25) is 10.0 Å². The second kappa shape index (κ2) is 5.40. The number of sulfonamides is 1. The molecule has 20 heavy (non-hydrogen) atoms. The van der Waals surface area contributed by atoms with Crippen molar-refractivity contribution in [1.29, 1.82) is 0 Å². The SMILES string of the molecule is O=S(=O)(c1csc(CO)c1)N1CCC2(CCCC2)CC1. The summed E-state index contributed by atoms with van der Waals surface area (Å²) >= 11 is 1.30. The van der Waals surface area contributed by atoms with Gasteiger partial charge in [-0.2, -0.15) is 4.31 Å². The van der Waals surface area contributed by atoms with Crippen LogP contribution in [0.3, 0.4) is 0 Å². The molecule has 1 aliphatic carbocycles. The number of piperidine rings is 1. The number of hydrogen-bond acceptors (Lipinski definition) is 4. The first-order valence-electron chi connectivity index (χ1n) is 7.24. The van der Waals surface area contributed by atoms with Crippen LogP contribution in [0.15, 0.2) is 16.3 Å². The Morgan fingerprint density at radius 2 is 1.85 bits per heavy atom. The molecule has 1 spiro atoms.